The van der Waals surface area contributed by atoms with Gasteiger partial charge in [0.15, 0.2) is 0 Å². The van der Waals surface area contributed by atoms with Crippen LogP contribution in [0.3, 0.4) is 0 Å². The van der Waals surface area contributed by atoms with E-state index in [4.69, 9.17) is 0 Å². The summed E-state index contributed by atoms with van der Waals surface area (Å²) in [6.45, 7) is 6.52. The molecule has 0 spiro atoms. The number of aryl methyl sites for hydroxylation is 1. The van der Waals surface area contributed by atoms with Gasteiger partial charge in [0, 0.05) is 17.7 Å². The largest absolute Gasteiger partial charge is 0.257 e. The molecular weight excluding hydrogens is 182 g/mol. The minimum absolute atomic E-state index is 0.559. The SMILES string of the molecule is Cc1cccc(C2=CCC(C(C)C)=N2)c1. The predicted octanol–water partition coefficient (Wildman–Crippen LogP) is 3.84. The molecule has 78 valence electrons. The Morgan fingerprint density at radius 2 is 2.07 bits per heavy atom. The van der Waals surface area contributed by atoms with Crippen LogP contribution < -0.4 is 0 Å². The molecule has 0 fully saturated rings. The van der Waals surface area contributed by atoms with Gasteiger partial charge in [0.2, 0.25) is 0 Å². The molecule has 0 saturated carbocycles. The summed E-state index contributed by atoms with van der Waals surface area (Å²) in [5.41, 5.74) is 4.97. The molecule has 0 aromatic heterocycles. The molecule has 2 rings (SSSR count). The fourth-order valence-corrected chi connectivity index (χ4v) is 1.80. The standard InChI is InChI=1S/C14H17N/c1-10(2)13-7-8-14(15-13)12-6-4-5-11(3)9-12/h4-6,8-10H,7H2,1-3H3. The summed E-state index contributed by atoms with van der Waals surface area (Å²) < 4.78 is 0. The Hall–Kier alpha value is -1.37. The van der Waals surface area contributed by atoms with E-state index in [1.165, 1.54) is 16.8 Å². The molecule has 0 saturated heterocycles. The van der Waals surface area contributed by atoms with Crippen molar-refractivity contribution in [1.82, 2.24) is 0 Å². The summed E-state index contributed by atoms with van der Waals surface area (Å²) in [5.74, 6) is 0.559. The van der Waals surface area contributed by atoms with Crippen LogP contribution in [0, 0.1) is 12.8 Å². The Bertz CT molecular complexity index is 425. The quantitative estimate of drug-likeness (QED) is 0.686. The second kappa shape index (κ2) is 4.01. The van der Waals surface area contributed by atoms with Gasteiger partial charge < -0.3 is 0 Å². The number of hydrogen-bond donors (Lipinski definition) is 0. The van der Waals surface area contributed by atoms with Crippen molar-refractivity contribution < 1.29 is 0 Å². The molecule has 1 aliphatic rings. The molecule has 1 nitrogen and oxygen atoms in total. The van der Waals surface area contributed by atoms with Crippen molar-refractivity contribution in [1.29, 1.82) is 0 Å². The molecule has 0 bridgehead atoms. The predicted molar refractivity (Wildman–Crippen MR) is 66.0 cm³/mol. The number of allylic oxidation sites excluding steroid dienone is 1. The summed E-state index contributed by atoms with van der Waals surface area (Å²) >= 11 is 0. The van der Waals surface area contributed by atoms with E-state index in [0.29, 0.717) is 5.92 Å². The summed E-state index contributed by atoms with van der Waals surface area (Å²) in [5, 5.41) is 0. The van der Waals surface area contributed by atoms with Crippen molar-refractivity contribution in [3.8, 4) is 0 Å². The van der Waals surface area contributed by atoms with E-state index in [1.54, 1.807) is 0 Å². The van der Waals surface area contributed by atoms with Crippen LogP contribution in [0.2, 0.25) is 0 Å². The Morgan fingerprint density at radius 1 is 1.27 bits per heavy atom. The lowest BCUT2D eigenvalue weighted by atomic mass is 10.1. The van der Waals surface area contributed by atoms with Gasteiger partial charge in [0.05, 0.1) is 5.70 Å². The van der Waals surface area contributed by atoms with Gasteiger partial charge in [-0.05, 0) is 18.9 Å². The normalized spacial score (nSPS) is 15.5. The molecule has 0 atom stereocenters. The minimum atomic E-state index is 0.559. The van der Waals surface area contributed by atoms with Gasteiger partial charge in [0.25, 0.3) is 0 Å². The molecule has 0 radical (unpaired) electrons. The maximum Gasteiger partial charge on any atom is 0.0665 e. The molecule has 0 aliphatic carbocycles. The second-order valence-corrected chi connectivity index (χ2v) is 4.42. The smallest absolute Gasteiger partial charge is 0.0665 e. The van der Waals surface area contributed by atoms with E-state index >= 15 is 0 Å². The van der Waals surface area contributed by atoms with Gasteiger partial charge in [-0.1, -0.05) is 43.7 Å². The van der Waals surface area contributed by atoms with Crippen LogP contribution in [0.5, 0.6) is 0 Å². The van der Waals surface area contributed by atoms with Gasteiger partial charge in [0.1, 0.15) is 0 Å². The number of benzene rings is 1. The Labute approximate surface area is 91.6 Å². The molecule has 1 heterocycles. The van der Waals surface area contributed by atoms with Gasteiger partial charge in [-0.15, -0.1) is 0 Å². The third-order valence-corrected chi connectivity index (χ3v) is 2.75. The Balaban J connectivity index is 2.27. The van der Waals surface area contributed by atoms with E-state index in [9.17, 15) is 0 Å². The first-order valence-electron chi connectivity index (χ1n) is 5.51. The van der Waals surface area contributed by atoms with Gasteiger partial charge in [-0.2, -0.15) is 0 Å². The lowest BCUT2D eigenvalue weighted by Gasteiger charge is -2.03. The summed E-state index contributed by atoms with van der Waals surface area (Å²) in [7, 11) is 0. The van der Waals surface area contributed by atoms with Gasteiger partial charge >= 0.3 is 0 Å². The van der Waals surface area contributed by atoms with Crippen LogP contribution >= 0.6 is 0 Å². The highest BCUT2D eigenvalue weighted by molar-refractivity contribution is 5.96. The van der Waals surface area contributed by atoms with E-state index in [-0.39, 0.29) is 0 Å². The van der Waals surface area contributed by atoms with Gasteiger partial charge in [-0.3, -0.25) is 4.99 Å². The van der Waals surface area contributed by atoms with E-state index in [2.05, 4.69) is 56.1 Å². The van der Waals surface area contributed by atoms with Crippen LogP contribution in [-0.2, 0) is 0 Å². The molecule has 0 N–H and O–H groups in total. The fraction of sp³-hybridized carbons (Fsp3) is 0.357. The van der Waals surface area contributed by atoms with Crippen molar-refractivity contribution in [2.24, 2.45) is 10.9 Å². The second-order valence-electron chi connectivity index (χ2n) is 4.42. The van der Waals surface area contributed by atoms with Crippen LogP contribution in [0.1, 0.15) is 31.4 Å². The van der Waals surface area contributed by atoms with Crippen molar-refractivity contribution in [2.75, 3.05) is 0 Å². The molecule has 1 aromatic rings. The summed E-state index contributed by atoms with van der Waals surface area (Å²) in [4.78, 5) is 4.68. The zero-order valence-corrected chi connectivity index (χ0v) is 9.62. The third kappa shape index (κ3) is 2.17. The lowest BCUT2D eigenvalue weighted by Crippen LogP contribution is -2.02. The first-order valence-corrected chi connectivity index (χ1v) is 5.51. The van der Waals surface area contributed by atoms with Crippen LogP contribution in [0.15, 0.2) is 35.3 Å². The summed E-state index contributed by atoms with van der Waals surface area (Å²) in [6, 6.07) is 8.53. The fourth-order valence-electron chi connectivity index (χ4n) is 1.80. The summed E-state index contributed by atoms with van der Waals surface area (Å²) in [6.07, 6.45) is 3.24. The van der Waals surface area contributed by atoms with Crippen LogP contribution in [-0.4, -0.2) is 5.71 Å². The average molecular weight is 199 g/mol. The van der Waals surface area contributed by atoms with E-state index < -0.39 is 0 Å². The van der Waals surface area contributed by atoms with E-state index in [0.717, 1.165) is 12.1 Å². The highest BCUT2D eigenvalue weighted by Gasteiger charge is 2.12. The number of hydrogen-bond acceptors (Lipinski definition) is 1. The van der Waals surface area contributed by atoms with Gasteiger partial charge in [-0.25, -0.2) is 0 Å². The monoisotopic (exact) mass is 199 g/mol. The molecule has 0 amide bonds. The molecule has 1 aliphatic heterocycles. The first kappa shape index (κ1) is 10.2. The first-order chi connectivity index (χ1) is 7.16. The molecular formula is C14H17N. The van der Waals surface area contributed by atoms with Crippen molar-refractivity contribution in [3.05, 3.63) is 41.5 Å². The topological polar surface area (TPSA) is 12.4 Å². The molecule has 1 aromatic carbocycles. The molecule has 0 unspecified atom stereocenters. The Kier molecular flexibility index (Phi) is 2.72. The Morgan fingerprint density at radius 3 is 2.67 bits per heavy atom. The molecule has 15 heavy (non-hydrogen) atoms. The van der Waals surface area contributed by atoms with Crippen molar-refractivity contribution in [3.63, 3.8) is 0 Å². The zero-order chi connectivity index (χ0) is 10.8. The van der Waals surface area contributed by atoms with E-state index in [1.807, 2.05) is 0 Å². The molecule has 1 heteroatoms. The number of aliphatic imine (C=N–C) groups is 1. The highest BCUT2D eigenvalue weighted by atomic mass is 14.8. The maximum absolute atomic E-state index is 4.68. The number of rotatable bonds is 2. The lowest BCUT2D eigenvalue weighted by molar-refractivity contribution is 0.873. The highest BCUT2D eigenvalue weighted by Crippen LogP contribution is 2.25. The van der Waals surface area contributed by atoms with Crippen molar-refractivity contribution >= 4 is 11.4 Å². The van der Waals surface area contributed by atoms with Crippen molar-refractivity contribution in [2.45, 2.75) is 27.2 Å². The van der Waals surface area contributed by atoms with Crippen LogP contribution in [0.4, 0.5) is 0 Å². The van der Waals surface area contributed by atoms with Crippen LogP contribution in [0.25, 0.3) is 5.70 Å². The third-order valence-electron chi connectivity index (χ3n) is 2.75. The zero-order valence-electron chi connectivity index (χ0n) is 9.62. The minimum Gasteiger partial charge on any atom is -0.257 e. The maximum atomic E-state index is 4.68. The number of nitrogens with zero attached hydrogens (tertiary/aromatic N) is 1. The average Bonchev–Trinajstić information content (AvgIpc) is 2.66.